The Morgan fingerprint density at radius 2 is 1.76 bits per heavy atom. The number of benzene rings is 1. The number of rotatable bonds is 2. The second-order valence-electron chi connectivity index (χ2n) is 5.32. The van der Waals surface area contributed by atoms with Gasteiger partial charge in [0.2, 0.25) is 0 Å². The minimum atomic E-state index is -0.468. The van der Waals surface area contributed by atoms with E-state index in [1.165, 1.54) is 4.74 Å². The fourth-order valence-corrected chi connectivity index (χ4v) is 2.82. The Morgan fingerprint density at radius 3 is 2.43 bits per heavy atom. The number of nitrogens with zero attached hydrogens (tertiary/aromatic N) is 2. The molecule has 1 aromatic carbocycles. The van der Waals surface area contributed by atoms with E-state index in [2.05, 4.69) is 0 Å². The largest absolute Gasteiger partial charge is 0.366 e. The molecule has 1 aliphatic rings. The van der Waals surface area contributed by atoms with Crippen molar-refractivity contribution < 1.29 is 9.32 Å². The predicted octanol–water partition coefficient (Wildman–Crippen LogP) is 2.27. The summed E-state index contributed by atoms with van der Waals surface area (Å²) in [6, 6.07) is 9.20. The maximum absolute atomic E-state index is 12.7. The van der Waals surface area contributed by atoms with Gasteiger partial charge < -0.3 is 9.42 Å². The molecule has 1 amide bonds. The van der Waals surface area contributed by atoms with Crippen molar-refractivity contribution in [2.75, 3.05) is 13.1 Å². The number of piperidine rings is 1. The van der Waals surface area contributed by atoms with Gasteiger partial charge >= 0.3 is 5.63 Å². The molecule has 2 heterocycles. The molecule has 1 aromatic heterocycles. The highest BCUT2D eigenvalue weighted by Crippen LogP contribution is 2.23. The van der Waals surface area contributed by atoms with Crippen molar-refractivity contribution in [1.82, 2.24) is 9.64 Å². The van der Waals surface area contributed by atoms with Gasteiger partial charge in [-0.1, -0.05) is 30.3 Å². The molecule has 5 heteroatoms. The molecular formula is C16H18N2O3. The van der Waals surface area contributed by atoms with Crippen molar-refractivity contribution in [2.45, 2.75) is 19.3 Å². The second-order valence-corrected chi connectivity index (χ2v) is 5.32. The van der Waals surface area contributed by atoms with Crippen molar-refractivity contribution >= 4 is 5.91 Å². The average Bonchev–Trinajstić information content (AvgIpc) is 2.82. The smallest absolute Gasteiger partial charge is 0.337 e. The summed E-state index contributed by atoms with van der Waals surface area (Å²) in [5, 5.41) is 0. The molecule has 21 heavy (non-hydrogen) atoms. The lowest BCUT2D eigenvalue weighted by Gasteiger charge is -2.26. The molecule has 110 valence electrons. The first-order valence-corrected chi connectivity index (χ1v) is 7.23. The van der Waals surface area contributed by atoms with Crippen LogP contribution in [-0.2, 0) is 7.05 Å². The van der Waals surface area contributed by atoms with Crippen LogP contribution in [0.25, 0.3) is 11.1 Å². The molecule has 3 rings (SSSR count). The van der Waals surface area contributed by atoms with E-state index in [0.717, 1.165) is 32.4 Å². The highest BCUT2D eigenvalue weighted by atomic mass is 16.5. The monoisotopic (exact) mass is 286 g/mol. The lowest BCUT2D eigenvalue weighted by Crippen LogP contribution is -2.36. The fourth-order valence-electron chi connectivity index (χ4n) is 2.82. The first kappa shape index (κ1) is 13.7. The van der Waals surface area contributed by atoms with Gasteiger partial charge in [0.15, 0.2) is 5.69 Å². The Morgan fingerprint density at radius 1 is 1.10 bits per heavy atom. The van der Waals surface area contributed by atoms with E-state index in [0.29, 0.717) is 16.8 Å². The molecule has 1 saturated heterocycles. The Kier molecular flexibility index (Phi) is 3.64. The minimum Gasteiger partial charge on any atom is -0.337 e. The predicted molar refractivity (Wildman–Crippen MR) is 79.1 cm³/mol. The Labute approximate surface area is 122 Å². The first-order chi connectivity index (χ1) is 10.2. The number of aromatic nitrogens is 1. The van der Waals surface area contributed by atoms with Crippen LogP contribution in [0.1, 0.15) is 29.8 Å². The molecule has 0 spiro atoms. The fraction of sp³-hybridized carbons (Fsp3) is 0.375. The van der Waals surface area contributed by atoms with Crippen LogP contribution in [0.5, 0.6) is 0 Å². The summed E-state index contributed by atoms with van der Waals surface area (Å²) in [4.78, 5) is 26.6. The van der Waals surface area contributed by atoms with E-state index in [-0.39, 0.29) is 5.91 Å². The zero-order valence-electron chi connectivity index (χ0n) is 12.0. The maximum atomic E-state index is 12.7. The quantitative estimate of drug-likeness (QED) is 0.851. The lowest BCUT2D eigenvalue weighted by atomic mass is 10.0. The van der Waals surface area contributed by atoms with Crippen LogP contribution in [0, 0.1) is 0 Å². The summed E-state index contributed by atoms with van der Waals surface area (Å²) in [6.07, 6.45) is 3.18. The van der Waals surface area contributed by atoms with Gasteiger partial charge in [-0.15, -0.1) is 0 Å². The molecule has 0 radical (unpaired) electrons. The third kappa shape index (κ3) is 2.51. The summed E-state index contributed by atoms with van der Waals surface area (Å²) in [5.74, 6) is -0.123. The topological polar surface area (TPSA) is 55.5 Å². The molecule has 5 nitrogen and oxygen atoms in total. The van der Waals surface area contributed by atoms with E-state index in [1.54, 1.807) is 11.9 Å². The van der Waals surface area contributed by atoms with Gasteiger partial charge in [0, 0.05) is 20.1 Å². The number of hydrogen-bond acceptors (Lipinski definition) is 3. The molecule has 1 fully saturated rings. The number of carbonyl (C=O) groups excluding carboxylic acids is 1. The molecule has 0 unspecified atom stereocenters. The first-order valence-electron chi connectivity index (χ1n) is 7.23. The molecule has 2 aromatic rings. The molecule has 0 saturated carbocycles. The van der Waals surface area contributed by atoms with E-state index < -0.39 is 5.63 Å². The van der Waals surface area contributed by atoms with E-state index in [1.807, 2.05) is 30.3 Å². The molecule has 0 bridgehead atoms. The van der Waals surface area contributed by atoms with Crippen molar-refractivity contribution in [1.29, 1.82) is 0 Å². The minimum absolute atomic E-state index is 0.123. The Bertz CT molecular complexity index is 694. The Hall–Kier alpha value is -2.30. The van der Waals surface area contributed by atoms with Crippen LogP contribution in [0.3, 0.4) is 0 Å². The van der Waals surface area contributed by atoms with Crippen LogP contribution >= 0.6 is 0 Å². The van der Waals surface area contributed by atoms with Gasteiger partial charge in [0.25, 0.3) is 5.91 Å². The van der Waals surface area contributed by atoms with Crippen LogP contribution in [-0.4, -0.2) is 28.6 Å². The van der Waals surface area contributed by atoms with Gasteiger partial charge in [-0.25, -0.2) is 9.53 Å². The number of carbonyl (C=O) groups is 1. The van der Waals surface area contributed by atoms with Crippen LogP contribution in [0.4, 0.5) is 0 Å². The van der Waals surface area contributed by atoms with E-state index in [9.17, 15) is 9.59 Å². The number of hydrogen-bond donors (Lipinski definition) is 0. The standard InChI is InChI=1S/C16H18N2O3/c1-17-14(15(19)18-10-6-3-7-11-18)13(16(20)21-17)12-8-4-2-5-9-12/h2,4-5,8-9H,3,6-7,10-11H2,1H3. The molecule has 0 aliphatic carbocycles. The third-order valence-electron chi connectivity index (χ3n) is 3.88. The molecule has 1 aliphatic heterocycles. The SMILES string of the molecule is Cn1oc(=O)c(-c2ccccc2)c1C(=O)N1CCCCC1. The average molecular weight is 286 g/mol. The summed E-state index contributed by atoms with van der Waals surface area (Å²) >= 11 is 0. The zero-order chi connectivity index (χ0) is 14.8. The van der Waals surface area contributed by atoms with Gasteiger partial charge in [-0.05, 0) is 24.8 Å². The van der Waals surface area contributed by atoms with Crippen molar-refractivity contribution in [3.63, 3.8) is 0 Å². The number of aryl methyl sites for hydroxylation is 1. The van der Waals surface area contributed by atoms with Crippen molar-refractivity contribution in [3.05, 3.63) is 46.4 Å². The highest BCUT2D eigenvalue weighted by Gasteiger charge is 2.27. The summed E-state index contributed by atoms with van der Waals surface area (Å²) in [7, 11) is 1.60. The zero-order valence-corrected chi connectivity index (χ0v) is 12.0. The van der Waals surface area contributed by atoms with E-state index >= 15 is 0 Å². The Balaban J connectivity index is 2.06. The maximum Gasteiger partial charge on any atom is 0.366 e. The van der Waals surface area contributed by atoms with Gasteiger partial charge in [0.1, 0.15) is 5.56 Å². The van der Waals surface area contributed by atoms with Crippen LogP contribution in [0.2, 0.25) is 0 Å². The van der Waals surface area contributed by atoms with Gasteiger partial charge in [0.05, 0.1) is 0 Å². The lowest BCUT2D eigenvalue weighted by molar-refractivity contribution is 0.0702. The third-order valence-corrected chi connectivity index (χ3v) is 3.88. The number of amides is 1. The van der Waals surface area contributed by atoms with Gasteiger partial charge in [-0.3, -0.25) is 4.79 Å². The van der Waals surface area contributed by atoms with Gasteiger partial charge in [-0.2, -0.15) is 0 Å². The molecular weight excluding hydrogens is 268 g/mol. The van der Waals surface area contributed by atoms with Crippen molar-refractivity contribution in [2.24, 2.45) is 7.05 Å². The van der Waals surface area contributed by atoms with Crippen LogP contribution in [0.15, 0.2) is 39.6 Å². The molecule has 0 atom stereocenters. The summed E-state index contributed by atoms with van der Waals surface area (Å²) < 4.78 is 6.42. The van der Waals surface area contributed by atoms with Crippen molar-refractivity contribution in [3.8, 4) is 11.1 Å². The summed E-state index contributed by atoms with van der Waals surface area (Å²) in [5.41, 5.74) is 0.943. The normalized spacial score (nSPS) is 15.2. The highest BCUT2D eigenvalue weighted by molar-refractivity contribution is 5.99. The van der Waals surface area contributed by atoms with E-state index in [4.69, 9.17) is 4.52 Å². The number of likely N-dealkylation sites (tertiary alicyclic amines) is 1. The summed E-state index contributed by atoms with van der Waals surface area (Å²) in [6.45, 7) is 1.48. The molecule has 0 N–H and O–H groups in total. The second kappa shape index (κ2) is 5.60. The van der Waals surface area contributed by atoms with Crippen LogP contribution < -0.4 is 5.63 Å².